The number of rotatable bonds is 1. The van der Waals surface area contributed by atoms with E-state index in [0.717, 1.165) is 21.2 Å². The van der Waals surface area contributed by atoms with Crippen LogP contribution in [0.5, 0.6) is 0 Å². The van der Waals surface area contributed by atoms with Gasteiger partial charge in [0.25, 0.3) is 0 Å². The third-order valence-corrected chi connectivity index (χ3v) is 3.81. The van der Waals surface area contributed by atoms with Gasteiger partial charge in [0.1, 0.15) is 10.9 Å². The fourth-order valence-electron chi connectivity index (χ4n) is 1.41. The molecule has 0 unspecified atom stereocenters. The van der Waals surface area contributed by atoms with Crippen LogP contribution in [0.1, 0.15) is 17.4 Å². The van der Waals surface area contributed by atoms with E-state index in [1.807, 2.05) is 6.07 Å². The highest BCUT2D eigenvalue weighted by atomic mass is 79.9. The van der Waals surface area contributed by atoms with Crippen molar-refractivity contribution in [3.05, 3.63) is 33.1 Å². The van der Waals surface area contributed by atoms with Crippen molar-refractivity contribution in [2.24, 2.45) is 0 Å². The number of nitriles is 1. The van der Waals surface area contributed by atoms with Crippen LogP contribution in [-0.4, -0.2) is 0 Å². The van der Waals surface area contributed by atoms with E-state index in [1.54, 1.807) is 11.3 Å². The Hall–Kier alpha value is -0.850. The zero-order valence-electron chi connectivity index (χ0n) is 7.67. The maximum atomic E-state index is 8.80. The van der Waals surface area contributed by atoms with Gasteiger partial charge < -0.3 is 0 Å². The molecule has 1 aromatic carbocycles. The van der Waals surface area contributed by atoms with Crippen molar-refractivity contribution < 1.29 is 0 Å². The molecule has 2 aromatic rings. The highest BCUT2D eigenvalue weighted by Gasteiger charge is 2.05. The molecule has 2 rings (SSSR count). The van der Waals surface area contributed by atoms with Crippen molar-refractivity contribution in [3.63, 3.8) is 0 Å². The molecule has 0 aliphatic rings. The topological polar surface area (TPSA) is 23.8 Å². The number of hydrogen-bond donors (Lipinski definition) is 0. The lowest BCUT2D eigenvalue weighted by molar-refractivity contribution is 1.14. The second-order valence-corrected chi connectivity index (χ2v) is 5.00. The summed E-state index contributed by atoms with van der Waals surface area (Å²) in [4.78, 5) is 0.772. The minimum Gasteiger partial charge on any atom is -0.192 e. The predicted molar refractivity (Wildman–Crippen MR) is 63.6 cm³/mol. The second-order valence-electron chi connectivity index (χ2n) is 3.07. The molecular weight excluding hydrogens is 258 g/mol. The Labute approximate surface area is 95.1 Å². The van der Waals surface area contributed by atoms with Gasteiger partial charge in [0.05, 0.1) is 0 Å². The molecule has 1 heterocycles. The maximum Gasteiger partial charge on any atom is 0.110 e. The Kier molecular flexibility index (Phi) is 2.58. The Balaban J connectivity index is 2.75. The number of benzene rings is 1. The lowest BCUT2D eigenvalue weighted by Crippen LogP contribution is -1.78. The largest absolute Gasteiger partial charge is 0.192 e. The quantitative estimate of drug-likeness (QED) is 0.762. The number of fused-ring (bicyclic) bond motifs is 1. The molecule has 0 radical (unpaired) electrons. The van der Waals surface area contributed by atoms with Crippen LogP contribution < -0.4 is 0 Å². The zero-order chi connectivity index (χ0) is 10.1. The molecule has 0 fully saturated rings. The van der Waals surface area contributed by atoms with Gasteiger partial charge in [-0.05, 0) is 30.2 Å². The molecule has 70 valence electrons. The summed E-state index contributed by atoms with van der Waals surface area (Å²) in [6.45, 7) is 2.13. The smallest absolute Gasteiger partial charge is 0.110 e. The summed E-state index contributed by atoms with van der Waals surface area (Å²) >= 11 is 5.08. The number of halogens is 1. The van der Waals surface area contributed by atoms with Gasteiger partial charge in [0.15, 0.2) is 0 Å². The number of thiophene rings is 1. The molecule has 0 spiro atoms. The Morgan fingerprint density at radius 3 is 2.86 bits per heavy atom. The number of nitrogens with zero attached hydrogens (tertiary/aromatic N) is 1. The lowest BCUT2D eigenvalue weighted by Gasteiger charge is -1.98. The fourth-order valence-corrected chi connectivity index (χ4v) is 3.11. The van der Waals surface area contributed by atoms with E-state index < -0.39 is 0 Å². The SMILES string of the molecule is CCc1cc(Br)c2cc(C#N)sc2c1. The van der Waals surface area contributed by atoms with Gasteiger partial charge in [-0.15, -0.1) is 11.3 Å². The summed E-state index contributed by atoms with van der Waals surface area (Å²) < 4.78 is 2.28. The average Bonchev–Trinajstić information content (AvgIpc) is 2.61. The average molecular weight is 266 g/mol. The van der Waals surface area contributed by atoms with Crippen LogP contribution >= 0.6 is 27.3 Å². The standard InChI is InChI=1S/C11H8BrNS/c1-2-7-3-10(12)9-5-8(6-13)14-11(9)4-7/h3-5H,2H2,1H3. The number of aryl methyl sites for hydroxylation is 1. The van der Waals surface area contributed by atoms with Gasteiger partial charge in [-0.2, -0.15) is 5.26 Å². The summed E-state index contributed by atoms with van der Waals surface area (Å²) in [5, 5.41) is 9.94. The van der Waals surface area contributed by atoms with Crippen molar-refractivity contribution in [2.75, 3.05) is 0 Å². The molecule has 14 heavy (non-hydrogen) atoms. The van der Waals surface area contributed by atoms with Gasteiger partial charge in [0, 0.05) is 14.6 Å². The van der Waals surface area contributed by atoms with E-state index in [1.165, 1.54) is 10.3 Å². The van der Waals surface area contributed by atoms with Crippen LogP contribution in [-0.2, 0) is 6.42 Å². The van der Waals surface area contributed by atoms with E-state index in [-0.39, 0.29) is 0 Å². The molecule has 3 heteroatoms. The summed E-state index contributed by atoms with van der Waals surface area (Å²) in [6.07, 6.45) is 1.02. The van der Waals surface area contributed by atoms with E-state index >= 15 is 0 Å². The zero-order valence-corrected chi connectivity index (χ0v) is 10.1. The molecule has 0 N–H and O–H groups in total. The molecule has 1 aromatic heterocycles. The highest BCUT2D eigenvalue weighted by Crippen LogP contribution is 2.32. The number of hydrogen-bond acceptors (Lipinski definition) is 2. The minimum absolute atomic E-state index is 0.772. The van der Waals surface area contributed by atoms with Crippen LogP contribution in [0.15, 0.2) is 22.7 Å². The molecule has 0 amide bonds. The first-order valence-electron chi connectivity index (χ1n) is 4.36. The minimum atomic E-state index is 0.772. The van der Waals surface area contributed by atoms with Crippen LogP contribution in [0, 0.1) is 11.3 Å². The highest BCUT2D eigenvalue weighted by molar-refractivity contribution is 9.10. The molecule has 0 saturated carbocycles. The van der Waals surface area contributed by atoms with E-state index in [4.69, 9.17) is 5.26 Å². The molecule has 0 saturated heterocycles. The summed E-state index contributed by atoms with van der Waals surface area (Å²) in [5.41, 5.74) is 1.30. The first kappa shape index (κ1) is 9.70. The van der Waals surface area contributed by atoms with E-state index in [9.17, 15) is 0 Å². The van der Waals surface area contributed by atoms with E-state index in [0.29, 0.717) is 0 Å². The molecule has 1 nitrogen and oxygen atoms in total. The predicted octanol–water partition coefficient (Wildman–Crippen LogP) is 4.10. The van der Waals surface area contributed by atoms with Crippen LogP contribution in [0.2, 0.25) is 0 Å². The Morgan fingerprint density at radius 1 is 1.43 bits per heavy atom. The molecule has 0 aliphatic heterocycles. The van der Waals surface area contributed by atoms with Gasteiger partial charge in [-0.1, -0.05) is 22.9 Å². The molecule has 0 aliphatic carbocycles. The summed E-state index contributed by atoms with van der Waals surface area (Å²) in [5.74, 6) is 0. The third-order valence-electron chi connectivity index (χ3n) is 2.17. The van der Waals surface area contributed by atoms with Crippen molar-refractivity contribution in [3.8, 4) is 6.07 Å². The van der Waals surface area contributed by atoms with Crippen molar-refractivity contribution in [1.29, 1.82) is 5.26 Å². The van der Waals surface area contributed by atoms with E-state index in [2.05, 4.69) is 41.1 Å². The Bertz CT molecular complexity index is 522. The summed E-state index contributed by atoms with van der Waals surface area (Å²) in [7, 11) is 0. The van der Waals surface area contributed by atoms with Crippen LogP contribution in [0.3, 0.4) is 0 Å². The van der Waals surface area contributed by atoms with Crippen LogP contribution in [0.4, 0.5) is 0 Å². The second kappa shape index (κ2) is 3.72. The lowest BCUT2D eigenvalue weighted by atomic mass is 10.1. The van der Waals surface area contributed by atoms with Crippen molar-refractivity contribution in [1.82, 2.24) is 0 Å². The van der Waals surface area contributed by atoms with Gasteiger partial charge in [0.2, 0.25) is 0 Å². The fraction of sp³-hybridized carbons (Fsp3) is 0.182. The van der Waals surface area contributed by atoms with Gasteiger partial charge in [-0.25, -0.2) is 0 Å². The first-order chi connectivity index (χ1) is 6.74. The third kappa shape index (κ3) is 1.56. The molecular formula is C11H8BrNS. The normalized spacial score (nSPS) is 10.4. The van der Waals surface area contributed by atoms with Gasteiger partial charge >= 0.3 is 0 Å². The monoisotopic (exact) mass is 265 g/mol. The van der Waals surface area contributed by atoms with Crippen molar-refractivity contribution in [2.45, 2.75) is 13.3 Å². The Morgan fingerprint density at radius 2 is 2.21 bits per heavy atom. The van der Waals surface area contributed by atoms with Gasteiger partial charge in [-0.3, -0.25) is 0 Å². The maximum absolute atomic E-state index is 8.80. The summed E-state index contributed by atoms with van der Waals surface area (Å²) in [6, 6.07) is 8.39. The molecule has 0 bridgehead atoms. The van der Waals surface area contributed by atoms with Crippen molar-refractivity contribution >= 4 is 37.4 Å². The molecule has 0 atom stereocenters. The first-order valence-corrected chi connectivity index (χ1v) is 5.97. The van der Waals surface area contributed by atoms with Crippen LogP contribution in [0.25, 0.3) is 10.1 Å².